The Bertz CT molecular complexity index is 1200. The van der Waals surface area contributed by atoms with Gasteiger partial charge in [-0.1, -0.05) is 121 Å². The molecular weight excluding hydrogens is 627 g/mol. The van der Waals surface area contributed by atoms with E-state index in [4.69, 9.17) is 29.0 Å². The summed E-state index contributed by atoms with van der Waals surface area (Å²) in [4.78, 5) is 14.5. The van der Waals surface area contributed by atoms with Crippen molar-refractivity contribution < 1.29 is 28.2 Å². The summed E-state index contributed by atoms with van der Waals surface area (Å²) in [5.74, 6) is 0.443. The lowest BCUT2D eigenvalue weighted by Gasteiger charge is -2.21. The van der Waals surface area contributed by atoms with E-state index in [1.807, 2.05) is 42.5 Å². The first-order valence-corrected chi connectivity index (χ1v) is 19.3. The molecule has 0 aliphatic rings. The number of hydrogen-bond donors (Lipinski definition) is 2. The van der Waals surface area contributed by atoms with Gasteiger partial charge >= 0.3 is 8.60 Å². The molecule has 2 aromatic heterocycles. The van der Waals surface area contributed by atoms with Gasteiger partial charge in [0.1, 0.15) is 17.9 Å². The summed E-state index contributed by atoms with van der Waals surface area (Å²) in [6.07, 6.45) is 20.8. The summed E-state index contributed by atoms with van der Waals surface area (Å²) < 4.78 is 30.8. The number of unbranched alkanes of at least 4 members (excludes halogenated alkanes) is 13. The van der Waals surface area contributed by atoms with E-state index in [0.717, 1.165) is 29.6 Å². The zero-order valence-corrected chi connectivity index (χ0v) is 30.4. The number of methoxy groups -OCH3 is 1. The highest BCUT2D eigenvalue weighted by Gasteiger charge is 2.18. The van der Waals surface area contributed by atoms with Gasteiger partial charge < -0.3 is 33.9 Å². The zero-order chi connectivity index (χ0) is 34.1. The molecule has 10 nitrogen and oxygen atoms in total. The number of ether oxygens (including phenoxy) is 3. The summed E-state index contributed by atoms with van der Waals surface area (Å²) in [6, 6.07) is 14.0. The van der Waals surface area contributed by atoms with E-state index in [-0.39, 0.29) is 25.4 Å². The molecule has 3 rings (SSSR count). The van der Waals surface area contributed by atoms with E-state index in [9.17, 15) is 4.89 Å². The fraction of sp³-hybridized carbons (Fsp3) is 0.676. The van der Waals surface area contributed by atoms with Crippen LogP contribution in [0.15, 0.2) is 48.8 Å². The molecule has 11 heteroatoms. The summed E-state index contributed by atoms with van der Waals surface area (Å²) in [5, 5.41) is 4.30. The summed E-state index contributed by atoms with van der Waals surface area (Å²) in [6.45, 7) is 4.17. The second-order valence-electron chi connectivity index (χ2n) is 12.6. The minimum absolute atomic E-state index is 0.185. The average molecular weight is 689 g/mol. The van der Waals surface area contributed by atoms with Crippen LogP contribution in [0, 0.1) is 0 Å². The van der Waals surface area contributed by atoms with Crippen LogP contribution in [-0.2, 0) is 36.3 Å². The second kappa shape index (κ2) is 25.8. The smallest absolute Gasteiger partial charge is 0.330 e. The van der Waals surface area contributed by atoms with Crippen LogP contribution in [0.5, 0.6) is 0 Å². The Morgan fingerprint density at radius 3 is 2.06 bits per heavy atom. The number of fused-ring (bicyclic) bond motifs is 1. The number of aryl methyl sites for hydroxylation is 1. The molecule has 0 bridgehead atoms. The molecule has 3 N–H and O–H groups in total. The minimum Gasteiger partial charge on any atom is -0.382 e. The molecule has 270 valence electrons. The van der Waals surface area contributed by atoms with Gasteiger partial charge in [0.05, 0.1) is 32.5 Å². The van der Waals surface area contributed by atoms with Crippen LogP contribution in [0.4, 0.5) is 5.82 Å². The number of anilines is 1. The highest BCUT2D eigenvalue weighted by molar-refractivity contribution is 7.40. The molecule has 3 atom stereocenters. The Labute approximate surface area is 290 Å². The summed E-state index contributed by atoms with van der Waals surface area (Å²) in [5.41, 5.74) is 8.82. The van der Waals surface area contributed by atoms with Crippen LogP contribution < -0.4 is 5.73 Å². The maximum Gasteiger partial charge on any atom is 0.330 e. The van der Waals surface area contributed by atoms with Gasteiger partial charge in [0.25, 0.3) is 0 Å². The SMILES string of the molecule is CCCCCCCCCCCCCCCCOC(COCc1ccccc1)COP(O)OCC(CCc1ccc2c(N)ncnn12)OC. The molecule has 0 aliphatic heterocycles. The third-order valence-corrected chi connectivity index (χ3v) is 9.36. The fourth-order valence-corrected chi connectivity index (χ4v) is 6.34. The zero-order valence-electron chi connectivity index (χ0n) is 29.5. The Balaban J connectivity index is 1.29. The van der Waals surface area contributed by atoms with E-state index in [0.29, 0.717) is 38.5 Å². The first-order chi connectivity index (χ1) is 23.6. The van der Waals surface area contributed by atoms with Gasteiger partial charge in [-0.3, -0.25) is 0 Å². The van der Waals surface area contributed by atoms with Crippen molar-refractivity contribution in [1.29, 1.82) is 0 Å². The maximum atomic E-state index is 10.5. The van der Waals surface area contributed by atoms with Gasteiger partial charge in [-0.15, -0.1) is 0 Å². The van der Waals surface area contributed by atoms with Crippen molar-refractivity contribution in [2.75, 3.05) is 39.3 Å². The van der Waals surface area contributed by atoms with Crippen molar-refractivity contribution in [2.45, 2.75) is 128 Å². The van der Waals surface area contributed by atoms with E-state index >= 15 is 0 Å². The number of nitrogens with two attached hydrogens (primary N) is 1. The molecule has 48 heavy (non-hydrogen) atoms. The molecular formula is C37H61N4O6P. The first kappa shape index (κ1) is 40.3. The number of rotatable bonds is 30. The Kier molecular flexibility index (Phi) is 21.6. The lowest BCUT2D eigenvalue weighted by Crippen LogP contribution is -2.26. The van der Waals surface area contributed by atoms with Crippen LogP contribution in [0.3, 0.4) is 0 Å². The summed E-state index contributed by atoms with van der Waals surface area (Å²) >= 11 is 0. The lowest BCUT2D eigenvalue weighted by atomic mass is 10.0. The second-order valence-corrected chi connectivity index (χ2v) is 13.6. The van der Waals surface area contributed by atoms with E-state index in [1.54, 1.807) is 11.6 Å². The van der Waals surface area contributed by atoms with Crippen LogP contribution in [-0.4, -0.2) is 65.2 Å². The molecule has 0 saturated carbocycles. The quantitative estimate of drug-likeness (QED) is 0.0524. The first-order valence-electron chi connectivity index (χ1n) is 18.2. The van der Waals surface area contributed by atoms with Gasteiger partial charge in [0.2, 0.25) is 0 Å². The molecule has 3 aromatic rings. The third kappa shape index (κ3) is 17.0. The minimum atomic E-state index is -2.09. The van der Waals surface area contributed by atoms with Gasteiger partial charge in [-0.05, 0) is 37.0 Å². The average Bonchev–Trinajstić information content (AvgIpc) is 3.53. The maximum absolute atomic E-state index is 10.5. The standard InChI is InChI=1S/C37H61N4O6P/c1-3-4-5-6-7-8-9-10-11-12-13-14-15-19-26-45-35(28-44-27-32-20-17-16-18-21-32)30-47-48(42)46-29-34(43-2)24-22-33-23-25-36-37(38)39-31-40-41(33)36/h16-18,20-21,23,25,31,34-35,42H,3-15,19,22,24,26-30H2,1-2H3,(H2,38,39,40). The molecule has 0 saturated heterocycles. The Morgan fingerprint density at radius 2 is 1.42 bits per heavy atom. The van der Waals surface area contributed by atoms with Crippen LogP contribution in [0.1, 0.15) is 114 Å². The van der Waals surface area contributed by atoms with Crippen molar-refractivity contribution in [3.8, 4) is 0 Å². The largest absolute Gasteiger partial charge is 0.382 e. The van der Waals surface area contributed by atoms with Crippen LogP contribution in [0.2, 0.25) is 0 Å². The predicted molar refractivity (Wildman–Crippen MR) is 194 cm³/mol. The topological polar surface area (TPSA) is 123 Å². The van der Waals surface area contributed by atoms with Crippen molar-refractivity contribution in [1.82, 2.24) is 14.6 Å². The van der Waals surface area contributed by atoms with E-state index in [2.05, 4.69) is 17.0 Å². The van der Waals surface area contributed by atoms with Crippen molar-refractivity contribution in [2.24, 2.45) is 0 Å². The van der Waals surface area contributed by atoms with Gasteiger partial charge in [0, 0.05) is 19.4 Å². The van der Waals surface area contributed by atoms with Crippen molar-refractivity contribution in [3.05, 3.63) is 60.0 Å². The highest BCUT2D eigenvalue weighted by Crippen LogP contribution is 2.33. The van der Waals surface area contributed by atoms with Crippen LogP contribution >= 0.6 is 8.60 Å². The summed E-state index contributed by atoms with van der Waals surface area (Å²) in [7, 11) is -0.460. The van der Waals surface area contributed by atoms with Gasteiger partial charge in [0.15, 0.2) is 5.82 Å². The van der Waals surface area contributed by atoms with Crippen LogP contribution in [0.25, 0.3) is 5.52 Å². The van der Waals surface area contributed by atoms with E-state index < -0.39 is 8.60 Å². The molecule has 0 aliphatic carbocycles. The molecule has 0 radical (unpaired) electrons. The number of nitrogens with zero attached hydrogens (tertiary/aromatic N) is 3. The monoisotopic (exact) mass is 688 g/mol. The third-order valence-electron chi connectivity index (χ3n) is 8.62. The van der Waals surface area contributed by atoms with Crippen molar-refractivity contribution >= 4 is 19.9 Å². The lowest BCUT2D eigenvalue weighted by molar-refractivity contribution is -0.0460. The molecule has 0 spiro atoms. The molecule has 0 fully saturated rings. The van der Waals surface area contributed by atoms with E-state index in [1.165, 1.54) is 83.4 Å². The highest BCUT2D eigenvalue weighted by atomic mass is 31.2. The normalized spacial score (nSPS) is 13.6. The number of aromatic nitrogens is 3. The van der Waals surface area contributed by atoms with Gasteiger partial charge in [-0.25, -0.2) is 9.50 Å². The molecule has 2 heterocycles. The Hall–Kier alpha value is -2.17. The van der Waals surface area contributed by atoms with Crippen molar-refractivity contribution in [3.63, 3.8) is 0 Å². The van der Waals surface area contributed by atoms with Gasteiger partial charge in [-0.2, -0.15) is 5.10 Å². The number of hydrogen-bond acceptors (Lipinski definition) is 9. The predicted octanol–water partition coefficient (Wildman–Crippen LogP) is 8.59. The molecule has 0 amide bonds. The fourth-order valence-electron chi connectivity index (χ4n) is 5.68. The Morgan fingerprint density at radius 1 is 0.792 bits per heavy atom. The number of benzene rings is 1. The number of nitrogen functional groups attached to an aromatic ring is 1. The molecule has 3 unspecified atom stereocenters. The molecule has 1 aromatic carbocycles.